The van der Waals surface area contributed by atoms with E-state index in [1.54, 1.807) is 19.3 Å². The highest BCUT2D eigenvalue weighted by molar-refractivity contribution is 6.31. The smallest absolute Gasteiger partial charge is 0.274 e. The summed E-state index contributed by atoms with van der Waals surface area (Å²) in [5.74, 6) is -0.401. The number of nitrogen functional groups attached to an aromatic ring is 1. The fraction of sp³-hybridized carbons (Fsp3) is 0.200. The standard InChI is InChI=1S/C15H15ClN8O/c1-8-4-3-5-18-10(8)7-19-15(25)11-13(17)22-14(12(16)21-11)24-20-6-9(2)23-24/h3-6H,7H2,1-2H3,(H2,17,22)(H,19,25). The highest BCUT2D eigenvalue weighted by Crippen LogP contribution is 2.18. The number of anilines is 1. The number of rotatable bonds is 4. The number of aromatic nitrogens is 6. The first-order valence-electron chi connectivity index (χ1n) is 7.36. The fourth-order valence-corrected chi connectivity index (χ4v) is 2.31. The normalized spacial score (nSPS) is 10.7. The first kappa shape index (κ1) is 16.8. The Labute approximate surface area is 148 Å². The van der Waals surface area contributed by atoms with Crippen LogP contribution in [0.5, 0.6) is 0 Å². The lowest BCUT2D eigenvalue weighted by molar-refractivity contribution is 0.0946. The van der Waals surface area contributed by atoms with Gasteiger partial charge in [-0.25, -0.2) is 9.97 Å². The maximum Gasteiger partial charge on any atom is 0.274 e. The summed E-state index contributed by atoms with van der Waals surface area (Å²) in [5, 5.41) is 10.8. The van der Waals surface area contributed by atoms with E-state index in [0.29, 0.717) is 5.69 Å². The molecular weight excluding hydrogens is 344 g/mol. The third kappa shape index (κ3) is 3.56. The van der Waals surface area contributed by atoms with Crippen molar-refractivity contribution in [1.82, 2.24) is 35.3 Å². The zero-order valence-corrected chi connectivity index (χ0v) is 14.3. The van der Waals surface area contributed by atoms with Gasteiger partial charge in [0, 0.05) is 6.20 Å². The molecule has 0 aliphatic carbocycles. The third-order valence-corrected chi connectivity index (χ3v) is 3.66. The lowest BCUT2D eigenvalue weighted by Gasteiger charge is -2.09. The van der Waals surface area contributed by atoms with Crippen LogP contribution in [0.25, 0.3) is 5.82 Å². The van der Waals surface area contributed by atoms with Gasteiger partial charge >= 0.3 is 0 Å². The molecule has 9 nitrogen and oxygen atoms in total. The van der Waals surface area contributed by atoms with E-state index in [0.717, 1.165) is 11.3 Å². The average Bonchev–Trinajstić information content (AvgIpc) is 3.01. The summed E-state index contributed by atoms with van der Waals surface area (Å²) in [4.78, 5) is 25.9. The van der Waals surface area contributed by atoms with Gasteiger partial charge in [-0.1, -0.05) is 17.7 Å². The van der Waals surface area contributed by atoms with Gasteiger partial charge in [-0.05, 0) is 25.5 Å². The van der Waals surface area contributed by atoms with Crippen molar-refractivity contribution in [2.75, 3.05) is 5.73 Å². The Hall–Kier alpha value is -3.07. The zero-order valence-electron chi connectivity index (χ0n) is 13.6. The molecule has 0 fully saturated rings. The van der Waals surface area contributed by atoms with E-state index >= 15 is 0 Å². The van der Waals surface area contributed by atoms with Crippen LogP contribution in [0, 0.1) is 13.8 Å². The summed E-state index contributed by atoms with van der Waals surface area (Å²) in [6.45, 7) is 3.93. The van der Waals surface area contributed by atoms with Crippen molar-refractivity contribution in [3.63, 3.8) is 0 Å². The predicted octanol–water partition coefficient (Wildman–Crippen LogP) is 1.23. The molecule has 0 unspecified atom stereocenters. The highest BCUT2D eigenvalue weighted by atomic mass is 35.5. The molecular formula is C15H15ClN8O. The number of carbonyl (C=O) groups excluding carboxylic acids is 1. The van der Waals surface area contributed by atoms with Gasteiger partial charge in [0.15, 0.2) is 16.7 Å². The maximum absolute atomic E-state index is 12.3. The SMILES string of the molecule is Cc1cnn(-c2nc(N)c(C(=O)NCc3ncccc3C)nc2Cl)n1. The van der Waals surface area contributed by atoms with E-state index in [2.05, 4.69) is 30.5 Å². The summed E-state index contributed by atoms with van der Waals surface area (Å²) in [7, 11) is 0. The second-order valence-electron chi connectivity index (χ2n) is 5.30. The molecule has 3 aromatic rings. The van der Waals surface area contributed by atoms with Crippen LogP contribution < -0.4 is 11.1 Å². The number of pyridine rings is 1. The molecule has 3 N–H and O–H groups in total. The summed E-state index contributed by atoms with van der Waals surface area (Å²) in [5.41, 5.74) is 8.20. The van der Waals surface area contributed by atoms with Crippen LogP contribution in [0.3, 0.4) is 0 Å². The van der Waals surface area contributed by atoms with E-state index in [4.69, 9.17) is 17.3 Å². The first-order valence-corrected chi connectivity index (χ1v) is 7.74. The summed E-state index contributed by atoms with van der Waals surface area (Å²) >= 11 is 6.11. The average molecular weight is 359 g/mol. The van der Waals surface area contributed by atoms with E-state index in [-0.39, 0.29) is 29.0 Å². The zero-order chi connectivity index (χ0) is 18.0. The molecule has 0 saturated heterocycles. The van der Waals surface area contributed by atoms with Crippen molar-refractivity contribution in [3.8, 4) is 5.82 Å². The third-order valence-electron chi connectivity index (χ3n) is 3.41. The van der Waals surface area contributed by atoms with Crippen molar-refractivity contribution >= 4 is 23.3 Å². The largest absolute Gasteiger partial charge is 0.382 e. The molecule has 3 heterocycles. The molecule has 10 heteroatoms. The second-order valence-corrected chi connectivity index (χ2v) is 5.65. The van der Waals surface area contributed by atoms with Crippen LogP contribution in [0.15, 0.2) is 24.5 Å². The van der Waals surface area contributed by atoms with E-state index in [1.165, 1.54) is 4.80 Å². The molecule has 0 aliphatic rings. The molecule has 128 valence electrons. The second kappa shape index (κ2) is 6.81. The number of amides is 1. The summed E-state index contributed by atoms with van der Waals surface area (Å²) < 4.78 is 0. The van der Waals surface area contributed by atoms with Gasteiger partial charge < -0.3 is 11.1 Å². The monoisotopic (exact) mass is 358 g/mol. The van der Waals surface area contributed by atoms with Gasteiger partial charge in [-0.2, -0.15) is 10.2 Å². The fourth-order valence-electron chi connectivity index (χ4n) is 2.11. The molecule has 3 aromatic heterocycles. The Morgan fingerprint density at radius 3 is 2.84 bits per heavy atom. The van der Waals surface area contributed by atoms with E-state index in [9.17, 15) is 4.79 Å². The molecule has 0 aliphatic heterocycles. The maximum atomic E-state index is 12.3. The Bertz CT molecular complexity index is 939. The number of nitrogens with two attached hydrogens (primary N) is 1. The van der Waals surface area contributed by atoms with Gasteiger partial charge in [0.05, 0.1) is 24.1 Å². The molecule has 0 saturated carbocycles. The van der Waals surface area contributed by atoms with Crippen molar-refractivity contribution in [2.24, 2.45) is 0 Å². The number of nitrogens with one attached hydrogen (secondary N) is 1. The molecule has 0 atom stereocenters. The number of halogens is 1. The number of nitrogens with zero attached hydrogens (tertiary/aromatic N) is 6. The Balaban J connectivity index is 1.81. The van der Waals surface area contributed by atoms with Crippen LogP contribution in [-0.2, 0) is 6.54 Å². The number of carbonyl (C=O) groups is 1. The number of hydrogen-bond donors (Lipinski definition) is 2. The van der Waals surface area contributed by atoms with Crippen LogP contribution in [-0.4, -0.2) is 35.9 Å². The molecule has 3 rings (SSSR count). The topological polar surface area (TPSA) is 125 Å². The van der Waals surface area contributed by atoms with Gasteiger partial charge in [0.25, 0.3) is 5.91 Å². The van der Waals surface area contributed by atoms with Gasteiger partial charge in [-0.3, -0.25) is 9.78 Å². The highest BCUT2D eigenvalue weighted by Gasteiger charge is 2.19. The van der Waals surface area contributed by atoms with Crippen molar-refractivity contribution < 1.29 is 4.79 Å². The van der Waals surface area contributed by atoms with Crippen LogP contribution in [0.2, 0.25) is 5.15 Å². The van der Waals surface area contributed by atoms with Crippen LogP contribution in [0.1, 0.15) is 27.4 Å². The Morgan fingerprint density at radius 2 is 2.16 bits per heavy atom. The predicted molar refractivity (Wildman–Crippen MR) is 91.3 cm³/mol. The van der Waals surface area contributed by atoms with Crippen LogP contribution >= 0.6 is 11.6 Å². The Morgan fingerprint density at radius 1 is 1.36 bits per heavy atom. The lowest BCUT2D eigenvalue weighted by atomic mass is 10.2. The first-order chi connectivity index (χ1) is 12.0. The van der Waals surface area contributed by atoms with Crippen LogP contribution in [0.4, 0.5) is 5.82 Å². The molecule has 0 spiro atoms. The molecule has 1 amide bonds. The van der Waals surface area contributed by atoms with E-state index in [1.807, 2.05) is 19.1 Å². The van der Waals surface area contributed by atoms with Gasteiger partial charge in [-0.15, -0.1) is 4.80 Å². The van der Waals surface area contributed by atoms with E-state index < -0.39 is 5.91 Å². The molecule has 0 bridgehead atoms. The van der Waals surface area contributed by atoms with Crippen molar-refractivity contribution in [3.05, 3.63) is 52.3 Å². The minimum Gasteiger partial charge on any atom is -0.382 e. The molecule has 0 radical (unpaired) electrons. The minimum absolute atomic E-state index is 0.0241. The lowest BCUT2D eigenvalue weighted by Crippen LogP contribution is -2.26. The van der Waals surface area contributed by atoms with Crippen molar-refractivity contribution in [1.29, 1.82) is 0 Å². The van der Waals surface area contributed by atoms with Crippen molar-refractivity contribution in [2.45, 2.75) is 20.4 Å². The Kier molecular flexibility index (Phi) is 4.57. The van der Waals surface area contributed by atoms with Gasteiger partial charge in [0.1, 0.15) is 0 Å². The van der Waals surface area contributed by atoms with Gasteiger partial charge in [0.2, 0.25) is 5.82 Å². The summed E-state index contributed by atoms with van der Waals surface area (Å²) in [6, 6.07) is 3.74. The molecule has 25 heavy (non-hydrogen) atoms. The quantitative estimate of drug-likeness (QED) is 0.718. The minimum atomic E-state index is -0.492. The number of aryl methyl sites for hydroxylation is 2. The number of hydrogen-bond acceptors (Lipinski definition) is 7. The molecule has 0 aromatic carbocycles. The summed E-state index contributed by atoms with van der Waals surface area (Å²) in [6.07, 6.45) is 3.21.